The van der Waals surface area contributed by atoms with Gasteiger partial charge in [0.2, 0.25) is 0 Å². The van der Waals surface area contributed by atoms with E-state index in [1.807, 2.05) is 30.3 Å². The van der Waals surface area contributed by atoms with Crippen LogP contribution in [0.2, 0.25) is 0 Å². The summed E-state index contributed by atoms with van der Waals surface area (Å²) in [5, 5.41) is 20.3. The Morgan fingerprint density at radius 3 is 2.29 bits per heavy atom. The van der Waals surface area contributed by atoms with Gasteiger partial charge in [-0.1, -0.05) is 54.6 Å². The summed E-state index contributed by atoms with van der Waals surface area (Å²) in [6.45, 7) is 0.380. The van der Waals surface area contributed by atoms with Gasteiger partial charge in [0.15, 0.2) is 0 Å². The molecule has 0 saturated carbocycles. The molecule has 0 aliphatic carbocycles. The Labute approximate surface area is 141 Å². The molecule has 0 spiro atoms. The van der Waals surface area contributed by atoms with Gasteiger partial charge in [0, 0.05) is 17.3 Å². The van der Waals surface area contributed by atoms with Crippen LogP contribution in [0.3, 0.4) is 0 Å². The van der Waals surface area contributed by atoms with Crippen LogP contribution in [0.25, 0.3) is 10.8 Å². The Bertz CT molecular complexity index is 925. The zero-order valence-corrected chi connectivity index (χ0v) is 13.4. The molecule has 0 radical (unpaired) electrons. The number of rotatable bonds is 5. The molecule has 0 fully saturated rings. The molecule has 0 heterocycles. The highest BCUT2D eigenvalue weighted by atomic mass is 32.2. The van der Waals surface area contributed by atoms with Gasteiger partial charge in [-0.2, -0.15) is 0 Å². The molecule has 0 saturated heterocycles. The van der Waals surface area contributed by atoms with Gasteiger partial charge in [-0.05, 0) is 11.6 Å². The monoisotopic (exact) mass is 341 g/mol. The number of benzene rings is 3. The molecule has 3 aromatic carbocycles. The van der Waals surface area contributed by atoms with Gasteiger partial charge in [0.25, 0.3) is 0 Å². The third-order valence-electron chi connectivity index (χ3n) is 3.66. The molecule has 0 aromatic heterocycles. The highest BCUT2D eigenvalue weighted by molar-refractivity contribution is 7.83. The smallest absolute Gasteiger partial charge is 0.339 e. The number of carboxylic acid groups (broad SMARTS) is 1. The van der Waals surface area contributed by atoms with Crippen LogP contribution in [0.15, 0.2) is 65.6 Å². The second-order valence-corrected chi connectivity index (χ2v) is 6.46. The Kier molecular flexibility index (Phi) is 4.59. The van der Waals surface area contributed by atoms with Crippen molar-refractivity contribution in [2.24, 2.45) is 0 Å². The maximum atomic E-state index is 12.6. The minimum Gasteiger partial charge on any atom is -0.506 e. The van der Waals surface area contributed by atoms with E-state index in [0.29, 0.717) is 22.2 Å². The van der Waals surface area contributed by atoms with Crippen LogP contribution in [0.4, 0.5) is 0 Å². The summed E-state index contributed by atoms with van der Waals surface area (Å²) in [7, 11) is -1.62. The maximum Gasteiger partial charge on any atom is 0.339 e. The standard InChI is InChI=1S/C18H15NO4S/c20-17-14-9-5-4-8-13(14)16(10-15(17)18(21)22)24(23)19-11-12-6-2-1-3-7-12/h1-10,19-20H,11H2,(H,21,22). The number of aromatic hydroxyl groups is 1. The van der Waals surface area contributed by atoms with E-state index >= 15 is 0 Å². The predicted molar refractivity (Wildman–Crippen MR) is 92.3 cm³/mol. The molecular weight excluding hydrogens is 326 g/mol. The van der Waals surface area contributed by atoms with Crippen molar-refractivity contribution >= 4 is 27.7 Å². The van der Waals surface area contributed by atoms with Crippen LogP contribution < -0.4 is 4.72 Å². The van der Waals surface area contributed by atoms with Crippen molar-refractivity contribution in [3.63, 3.8) is 0 Å². The molecule has 0 aliphatic rings. The van der Waals surface area contributed by atoms with Crippen LogP contribution >= 0.6 is 0 Å². The largest absolute Gasteiger partial charge is 0.506 e. The average Bonchev–Trinajstić information content (AvgIpc) is 2.61. The SMILES string of the molecule is O=C(O)c1cc(S(=O)NCc2ccccc2)c2ccccc2c1O. The van der Waals surface area contributed by atoms with E-state index < -0.39 is 17.0 Å². The Hall–Kier alpha value is -2.70. The first-order valence-electron chi connectivity index (χ1n) is 7.25. The molecule has 1 atom stereocenters. The lowest BCUT2D eigenvalue weighted by Crippen LogP contribution is -2.17. The number of hydrogen-bond donors (Lipinski definition) is 3. The second-order valence-electron chi connectivity index (χ2n) is 5.20. The average molecular weight is 341 g/mol. The van der Waals surface area contributed by atoms with Gasteiger partial charge in [-0.3, -0.25) is 0 Å². The molecular formula is C18H15NO4S. The lowest BCUT2D eigenvalue weighted by molar-refractivity contribution is 0.0694. The van der Waals surface area contributed by atoms with Gasteiger partial charge in [-0.15, -0.1) is 0 Å². The minimum absolute atomic E-state index is 0.265. The van der Waals surface area contributed by atoms with Crippen molar-refractivity contribution in [3.05, 3.63) is 71.8 Å². The highest BCUT2D eigenvalue weighted by Gasteiger charge is 2.19. The van der Waals surface area contributed by atoms with E-state index in [9.17, 15) is 19.2 Å². The molecule has 3 aromatic rings. The van der Waals surface area contributed by atoms with Gasteiger partial charge >= 0.3 is 5.97 Å². The van der Waals surface area contributed by atoms with E-state index in [-0.39, 0.29) is 11.3 Å². The molecule has 5 nitrogen and oxygen atoms in total. The third-order valence-corrected chi connectivity index (χ3v) is 4.80. The first kappa shape index (κ1) is 16.2. The van der Waals surface area contributed by atoms with Crippen LogP contribution in [0.1, 0.15) is 15.9 Å². The summed E-state index contributed by atoms with van der Waals surface area (Å²) < 4.78 is 15.5. The Morgan fingerprint density at radius 2 is 1.62 bits per heavy atom. The molecule has 0 aliphatic heterocycles. The van der Waals surface area contributed by atoms with Gasteiger partial charge in [0.05, 0.1) is 4.90 Å². The van der Waals surface area contributed by atoms with Crippen LogP contribution in [0.5, 0.6) is 5.75 Å². The van der Waals surface area contributed by atoms with Crippen molar-refractivity contribution in [1.82, 2.24) is 4.72 Å². The predicted octanol–water partition coefficient (Wildman–Crippen LogP) is 3.06. The molecule has 6 heteroatoms. The van der Waals surface area contributed by atoms with E-state index in [1.165, 1.54) is 6.07 Å². The quantitative estimate of drug-likeness (QED) is 0.666. The zero-order valence-electron chi connectivity index (χ0n) is 12.6. The lowest BCUT2D eigenvalue weighted by atomic mass is 10.1. The van der Waals surface area contributed by atoms with Crippen molar-refractivity contribution in [2.75, 3.05) is 0 Å². The minimum atomic E-state index is -1.62. The first-order chi connectivity index (χ1) is 11.6. The molecule has 0 bridgehead atoms. The molecule has 3 N–H and O–H groups in total. The van der Waals surface area contributed by atoms with Crippen molar-refractivity contribution in [2.45, 2.75) is 11.4 Å². The van der Waals surface area contributed by atoms with Crippen molar-refractivity contribution < 1.29 is 19.2 Å². The third kappa shape index (κ3) is 3.15. The fourth-order valence-corrected chi connectivity index (χ4v) is 3.52. The number of nitrogens with one attached hydrogen (secondary N) is 1. The number of carbonyl (C=O) groups is 1. The molecule has 1 unspecified atom stereocenters. The normalized spacial score (nSPS) is 12.2. The summed E-state index contributed by atoms with van der Waals surface area (Å²) >= 11 is 0. The van der Waals surface area contributed by atoms with Crippen LogP contribution in [-0.2, 0) is 17.5 Å². The summed E-state index contributed by atoms with van der Waals surface area (Å²) in [5.41, 5.74) is 0.700. The number of aromatic carboxylic acids is 1. The van der Waals surface area contributed by atoms with Crippen molar-refractivity contribution in [3.8, 4) is 5.75 Å². The summed E-state index contributed by atoms with van der Waals surface area (Å²) in [6, 6.07) is 17.5. The van der Waals surface area contributed by atoms with Crippen molar-refractivity contribution in [1.29, 1.82) is 0 Å². The summed E-state index contributed by atoms with van der Waals surface area (Å²) in [4.78, 5) is 11.7. The molecule has 3 rings (SSSR count). The van der Waals surface area contributed by atoms with E-state index in [1.54, 1.807) is 24.3 Å². The number of phenols is 1. The number of fused-ring (bicyclic) bond motifs is 1. The number of carboxylic acids is 1. The van der Waals surface area contributed by atoms with Crippen LogP contribution in [0, 0.1) is 0 Å². The summed E-state index contributed by atoms with van der Waals surface area (Å²) in [5.74, 6) is -1.58. The van der Waals surface area contributed by atoms with Gasteiger partial charge in [0.1, 0.15) is 22.3 Å². The van der Waals surface area contributed by atoms with Gasteiger partial charge in [-0.25, -0.2) is 13.7 Å². The van der Waals surface area contributed by atoms with E-state index in [2.05, 4.69) is 4.72 Å². The van der Waals surface area contributed by atoms with E-state index in [4.69, 9.17) is 0 Å². The Balaban J connectivity index is 2.00. The van der Waals surface area contributed by atoms with E-state index in [0.717, 1.165) is 5.56 Å². The second kappa shape index (κ2) is 6.82. The first-order valence-corrected chi connectivity index (χ1v) is 8.40. The maximum absolute atomic E-state index is 12.6. The molecule has 122 valence electrons. The molecule has 0 amide bonds. The zero-order chi connectivity index (χ0) is 17.1. The molecule has 24 heavy (non-hydrogen) atoms. The lowest BCUT2D eigenvalue weighted by Gasteiger charge is -2.11. The fraction of sp³-hybridized carbons (Fsp3) is 0.0556. The van der Waals surface area contributed by atoms with Gasteiger partial charge < -0.3 is 10.2 Å². The Morgan fingerprint density at radius 1 is 1.00 bits per heavy atom. The van der Waals surface area contributed by atoms with Crippen LogP contribution in [-0.4, -0.2) is 20.4 Å². The highest BCUT2D eigenvalue weighted by Crippen LogP contribution is 2.33. The fourth-order valence-electron chi connectivity index (χ4n) is 2.47. The summed E-state index contributed by atoms with van der Waals surface area (Å²) in [6.07, 6.45) is 0. The number of hydrogen-bond acceptors (Lipinski definition) is 3. The topological polar surface area (TPSA) is 86.6 Å².